The largest absolute Gasteiger partial charge is 0.497 e. The Morgan fingerprint density at radius 3 is 2.25 bits per heavy atom. The first-order valence-electron chi connectivity index (χ1n) is 11.8. The second kappa shape index (κ2) is 8.73. The molecule has 1 aromatic rings. The minimum absolute atomic E-state index is 0.0192. The fraction of sp³-hybridized carbons (Fsp3) is 0.625. The average molecular weight is 441 g/mol. The molecule has 172 valence electrons. The van der Waals surface area contributed by atoms with Gasteiger partial charge in [-0.2, -0.15) is 0 Å². The van der Waals surface area contributed by atoms with Crippen LogP contribution in [-0.4, -0.2) is 90.4 Å². The number of carbonyl (C=O) groups excluding carboxylic acids is 3. The predicted octanol–water partition coefficient (Wildman–Crippen LogP) is 1.11. The third kappa shape index (κ3) is 4.20. The maximum Gasteiger partial charge on any atom is 0.254 e. The molecule has 1 N–H and O–H groups in total. The standard InChI is InChI=1S/C24H32N4O4/c1-32-20-8-4-17(5-9-20)23(30)28(18-6-7-18)19-14-21(24(31)26-12-10-25-11-13-26)27(15-19)22(29)16-2-3-16/h4-5,8-9,16,18-19,21,25H,2-3,6-7,10-15H2,1H3. The first kappa shape index (κ1) is 21.2. The zero-order valence-electron chi connectivity index (χ0n) is 18.7. The van der Waals surface area contributed by atoms with Crippen molar-refractivity contribution in [3.63, 3.8) is 0 Å². The molecule has 5 rings (SSSR count). The zero-order chi connectivity index (χ0) is 22.2. The normalized spacial score (nSPS) is 25.5. The number of rotatable bonds is 6. The molecule has 0 bridgehead atoms. The topological polar surface area (TPSA) is 82.2 Å². The number of methoxy groups -OCH3 is 1. The Bertz CT molecular complexity index is 874. The van der Waals surface area contributed by atoms with Crippen LogP contribution in [0.15, 0.2) is 24.3 Å². The lowest BCUT2D eigenvalue weighted by Crippen LogP contribution is -2.53. The van der Waals surface area contributed by atoms with Crippen molar-refractivity contribution in [1.82, 2.24) is 20.0 Å². The van der Waals surface area contributed by atoms with E-state index in [9.17, 15) is 14.4 Å². The van der Waals surface area contributed by atoms with Gasteiger partial charge in [0.25, 0.3) is 5.91 Å². The highest BCUT2D eigenvalue weighted by Crippen LogP contribution is 2.38. The molecular weight excluding hydrogens is 408 g/mol. The van der Waals surface area contributed by atoms with Gasteiger partial charge in [0.2, 0.25) is 11.8 Å². The Hall–Kier alpha value is -2.61. The van der Waals surface area contributed by atoms with Gasteiger partial charge >= 0.3 is 0 Å². The summed E-state index contributed by atoms with van der Waals surface area (Å²) < 4.78 is 5.22. The van der Waals surface area contributed by atoms with Gasteiger partial charge in [-0.3, -0.25) is 14.4 Å². The number of carbonyl (C=O) groups is 3. The van der Waals surface area contributed by atoms with Gasteiger partial charge in [0, 0.05) is 50.2 Å². The van der Waals surface area contributed by atoms with E-state index in [1.54, 1.807) is 36.3 Å². The van der Waals surface area contributed by atoms with Crippen molar-refractivity contribution in [2.45, 2.75) is 50.2 Å². The molecule has 2 aliphatic heterocycles. The van der Waals surface area contributed by atoms with Gasteiger partial charge in [-0.1, -0.05) is 0 Å². The number of hydrogen-bond acceptors (Lipinski definition) is 5. The summed E-state index contributed by atoms with van der Waals surface area (Å²) in [6.45, 7) is 3.35. The van der Waals surface area contributed by atoms with E-state index in [0.717, 1.165) is 38.8 Å². The molecule has 0 radical (unpaired) electrons. The summed E-state index contributed by atoms with van der Waals surface area (Å²) in [5, 5.41) is 3.28. The van der Waals surface area contributed by atoms with E-state index in [4.69, 9.17) is 4.74 Å². The SMILES string of the molecule is COc1ccc(C(=O)N(C2CC2)C2CC(C(=O)N3CCNCC3)N(C(=O)C3CC3)C2)cc1. The molecule has 2 aliphatic carbocycles. The number of benzene rings is 1. The predicted molar refractivity (Wildman–Crippen MR) is 118 cm³/mol. The summed E-state index contributed by atoms with van der Waals surface area (Å²) in [6.07, 6.45) is 4.30. The Morgan fingerprint density at radius 2 is 1.66 bits per heavy atom. The molecule has 8 nitrogen and oxygen atoms in total. The molecule has 4 aliphatic rings. The number of hydrogen-bond donors (Lipinski definition) is 1. The van der Waals surface area contributed by atoms with Gasteiger partial charge in [-0.25, -0.2) is 0 Å². The summed E-state index contributed by atoms with van der Waals surface area (Å²) >= 11 is 0. The van der Waals surface area contributed by atoms with Gasteiger partial charge < -0.3 is 24.8 Å². The van der Waals surface area contributed by atoms with E-state index in [1.807, 2.05) is 9.80 Å². The van der Waals surface area contributed by atoms with Gasteiger partial charge in [-0.15, -0.1) is 0 Å². The number of ether oxygens (including phenoxy) is 1. The quantitative estimate of drug-likeness (QED) is 0.717. The molecule has 2 unspecified atom stereocenters. The highest BCUT2D eigenvalue weighted by molar-refractivity contribution is 5.95. The number of piperazine rings is 1. The Kier molecular flexibility index (Phi) is 5.80. The summed E-state index contributed by atoms with van der Waals surface area (Å²) in [5.74, 6) is 0.875. The maximum absolute atomic E-state index is 13.5. The van der Waals surface area contributed by atoms with Crippen molar-refractivity contribution >= 4 is 17.7 Å². The first-order chi connectivity index (χ1) is 15.6. The molecule has 1 aromatic carbocycles. The van der Waals surface area contributed by atoms with Gasteiger partial charge in [-0.05, 0) is 56.4 Å². The minimum atomic E-state index is -0.462. The minimum Gasteiger partial charge on any atom is -0.497 e. The van der Waals surface area contributed by atoms with E-state index in [0.29, 0.717) is 37.4 Å². The van der Waals surface area contributed by atoms with Crippen molar-refractivity contribution in [3.8, 4) is 5.75 Å². The van der Waals surface area contributed by atoms with E-state index in [1.165, 1.54) is 0 Å². The van der Waals surface area contributed by atoms with Crippen molar-refractivity contribution in [3.05, 3.63) is 29.8 Å². The molecule has 2 atom stereocenters. The zero-order valence-corrected chi connectivity index (χ0v) is 18.7. The lowest BCUT2D eigenvalue weighted by Gasteiger charge is -2.32. The van der Waals surface area contributed by atoms with Crippen molar-refractivity contribution in [2.75, 3.05) is 39.8 Å². The maximum atomic E-state index is 13.5. The monoisotopic (exact) mass is 440 g/mol. The average Bonchev–Trinajstić information content (AvgIpc) is 3.77. The highest BCUT2D eigenvalue weighted by Gasteiger charge is 2.49. The van der Waals surface area contributed by atoms with Crippen LogP contribution in [0.3, 0.4) is 0 Å². The summed E-state index contributed by atoms with van der Waals surface area (Å²) in [4.78, 5) is 45.6. The molecule has 2 saturated heterocycles. The fourth-order valence-corrected chi connectivity index (χ4v) is 5.02. The molecule has 2 saturated carbocycles. The molecule has 8 heteroatoms. The molecule has 0 spiro atoms. The van der Waals surface area contributed by atoms with Gasteiger partial charge in [0.15, 0.2) is 0 Å². The van der Waals surface area contributed by atoms with Gasteiger partial charge in [0.05, 0.1) is 13.2 Å². The molecule has 3 amide bonds. The number of amides is 3. The number of likely N-dealkylation sites (tertiary alicyclic amines) is 1. The van der Waals surface area contributed by atoms with Crippen LogP contribution in [0.2, 0.25) is 0 Å². The second-order valence-electron chi connectivity index (χ2n) is 9.42. The third-order valence-electron chi connectivity index (χ3n) is 7.11. The Morgan fingerprint density at radius 1 is 0.969 bits per heavy atom. The summed E-state index contributed by atoms with van der Waals surface area (Å²) in [6, 6.07) is 6.79. The molecular formula is C24H32N4O4. The van der Waals surface area contributed by atoms with Crippen LogP contribution in [0.1, 0.15) is 42.5 Å². The van der Waals surface area contributed by atoms with Crippen LogP contribution >= 0.6 is 0 Å². The Balaban J connectivity index is 1.37. The van der Waals surface area contributed by atoms with E-state index in [-0.39, 0.29) is 35.7 Å². The summed E-state index contributed by atoms with van der Waals surface area (Å²) in [5.41, 5.74) is 0.620. The van der Waals surface area contributed by atoms with Crippen LogP contribution in [-0.2, 0) is 9.59 Å². The van der Waals surface area contributed by atoms with E-state index >= 15 is 0 Å². The number of nitrogens with zero attached hydrogens (tertiary/aromatic N) is 3. The smallest absolute Gasteiger partial charge is 0.254 e. The first-order valence-corrected chi connectivity index (χ1v) is 11.8. The summed E-state index contributed by atoms with van der Waals surface area (Å²) in [7, 11) is 1.60. The Labute approximate surface area is 188 Å². The van der Waals surface area contributed by atoms with Crippen LogP contribution in [0.25, 0.3) is 0 Å². The molecule has 32 heavy (non-hydrogen) atoms. The lowest BCUT2D eigenvalue weighted by molar-refractivity contribution is -0.144. The fourth-order valence-electron chi connectivity index (χ4n) is 5.02. The van der Waals surface area contributed by atoms with Crippen molar-refractivity contribution in [1.29, 1.82) is 0 Å². The van der Waals surface area contributed by atoms with Crippen LogP contribution in [0.5, 0.6) is 5.75 Å². The van der Waals surface area contributed by atoms with Gasteiger partial charge in [0.1, 0.15) is 11.8 Å². The van der Waals surface area contributed by atoms with E-state index < -0.39 is 6.04 Å². The molecule has 0 aromatic heterocycles. The highest BCUT2D eigenvalue weighted by atomic mass is 16.5. The molecule has 2 heterocycles. The van der Waals surface area contributed by atoms with Crippen LogP contribution in [0, 0.1) is 5.92 Å². The van der Waals surface area contributed by atoms with Crippen LogP contribution in [0.4, 0.5) is 0 Å². The number of nitrogens with one attached hydrogen (secondary N) is 1. The second-order valence-corrected chi connectivity index (χ2v) is 9.42. The molecule has 4 fully saturated rings. The van der Waals surface area contributed by atoms with Crippen LogP contribution < -0.4 is 10.1 Å². The van der Waals surface area contributed by atoms with Crippen molar-refractivity contribution < 1.29 is 19.1 Å². The van der Waals surface area contributed by atoms with E-state index in [2.05, 4.69) is 5.32 Å². The third-order valence-corrected chi connectivity index (χ3v) is 7.11. The van der Waals surface area contributed by atoms with Crippen molar-refractivity contribution in [2.24, 2.45) is 5.92 Å². The lowest BCUT2D eigenvalue weighted by atomic mass is 10.1.